The first-order chi connectivity index (χ1) is 10.1. The molecular formula is C16H32N2O3. The number of nitrogens with two attached hydrogens (primary N) is 1. The summed E-state index contributed by atoms with van der Waals surface area (Å²) in [5, 5.41) is 0. The Kier molecular flexibility index (Phi) is 13.2. The van der Waals surface area contributed by atoms with Gasteiger partial charge in [0.25, 0.3) is 0 Å². The van der Waals surface area contributed by atoms with Gasteiger partial charge in [0.1, 0.15) is 5.78 Å². The van der Waals surface area contributed by atoms with Gasteiger partial charge in [0.2, 0.25) is 0 Å². The molecule has 0 radical (unpaired) electrons. The molecule has 0 aromatic carbocycles. The summed E-state index contributed by atoms with van der Waals surface area (Å²) in [6.07, 6.45) is 6.64. The van der Waals surface area contributed by atoms with E-state index in [0.29, 0.717) is 39.3 Å². The summed E-state index contributed by atoms with van der Waals surface area (Å²) in [5.41, 5.74) is 6.60. The quantitative estimate of drug-likeness (QED) is 0.499. The van der Waals surface area contributed by atoms with E-state index in [-0.39, 0.29) is 5.78 Å². The van der Waals surface area contributed by atoms with E-state index in [1.54, 1.807) is 0 Å². The van der Waals surface area contributed by atoms with Crippen LogP contribution in [0.2, 0.25) is 0 Å². The van der Waals surface area contributed by atoms with Gasteiger partial charge >= 0.3 is 0 Å². The van der Waals surface area contributed by atoms with Gasteiger partial charge in [-0.3, -0.25) is 4.79 Å². The maximum absolute atomic E-state index is 11.0. The number of unbranched alkanes of at least 4 members (excludes halogenated alkanes) is 2. The Morgan fingerprint density at radius 2 is 1.86 bits per heavy atom. The minimum atomic E-state index is 0.231. The smallest absolute Gasteiger partial charge is 0.134 e. The number of ether oxygens (including phenoxy) is 2. The van der Waals surface area contributed by atoms with Gasteiger partial charge in [-0.15, -0.1) is 0 Å². The minimum absolute atomic E-state index is 0.231. The molecule has 0 fully saturated rings. The molecule has 0 rings (SSSR count). The standard InChI is InChI=1S/C16H32N2O3/c1-4-6-7-9-18(3)13-15(17)14-21-12-11-20-10-8-16(19)5-2/h13H,4-12,14,17H2,1-3H3/b15-13-. The van der Waals surface area contributed by atoms with Crippen LogP contribution in [0, 0.1) is 0 Å². The molecule has 0 aliphatic heterocycles. The van der Waals surface area contributed by atoms with Gasteiger partial charge in [-0.1, -0.05) is 26.7 Å². The Hall–Kier alpha value is -1.07. The first-order valence-corrected chi connectivity index (χ1v) is 7.93. The lowest BCUT2D eigenvalue weighted by atomic mass is 10.2. The van der Waals surface area contributed by atoms with Crippen LogP contribution in [0.1, 0.15) is 46.0 Å². The van der Waals surface area contributed by atoms with Gasteiger partial charge < -0.3 is 20.1 Å². The number of rotatable bonds is 14. The molecule has 0 heterocycles. The van der Waals surface area contributed by atoms with Crippen LogP contribution in [0.3, 0.4) is 0 Å². The lowest BCUT2D eigenvalue weighted by Gasteiger charge is -2.15. The van der Waals surface area contributed by atoms with Gasteiger partial charge in [0, 0.05) is 32.6 Å². The fraction of sp³-hybridized carbons (Fsp3) is 0.812. The summed E-state index contributed by atoms with van der Waals surface area (Å²) < 4.78 is 10.7. The highest BCUT2D eigenvalue weighted by molar-refractivity contribution is 5.78. The lowest BCUT2D eigenvalue weighted by Crippen LogP contribution is -2.18. The highest BCUT2D eigenvalue weighted by Crippen LogP contribution is 1.98. The second kappa shape index (κ2) is 13.9. The second-order valence-corrected chi connectivity index (χ2v) is 5.20. The summed E-state index contributed by atoms with van der Waals surface area (Å²) in [7, 11) is 2.02. The van der Waals surface area contributed by atoms with E-state index in [1.165, 1.54) is 19.3 Å². The largest absolute Gasteiger partial charge is 0.399 e. The Bertz CT molecular complexity index is 293. The van der Waals surface area contributed by atoms with Crippen LogP contribution in [0.15, 0.2) is 11.9 Å². The molecule has 0 amide bonds. The molecule has 2 N–H and O–H groups in total. The van der Waals surface area contributed by atoms with E-state index in [1.807, 2.05) is 20.2 Å². The zero-order valence-electron chi connectivity index (χ0n) is 13.9. The van der Waals surface area contributed by atoms with Crippen molar-refractivity contribution in [2.24, 2.45) is 5.73 Å². The molecule has 0 aromatic heterocycles. The predicted molar refractivity (Wildman–Crippen MR) is 86.0 cm³/mol. The van der Waals surface area contributed by atoms with Crippen LogP contribution in [0.5, 0.6) is 0 Å². The maximum atomic E-state index is 11.0. The molecule has 0 atom stereocenters. The Labute approximate surface area is 129 Å². The van der Waals surface area contributed by atoms with Crippen molar-refractivity contribution in [3.63, 3.8) is 0 Å². The molecule has 0 saturated heterocycles. The van der Waals surface area contributed by atoms with E-state index in [0.717, 1.165) is 12.2 Å². The summed E-state index contributed by atoms with van der Waals surface area (Å²) in [4.78, 5) is 13.1. The van der Waals surface area contributed by atoms with Crippen LogP contribution in [0.25, 0.3) is 0 Å². The van der Waals surface area contributed by atoms with Gasteiger partial charge in [0.05, 0.1) is 32.1 Å². The molecule has 0 aromatic rings. The van der Waals surface area contributed by atoms with Gasteiger partial charge in [-0.2, -0.15) is 0 Å². The number of carbonyl (C=O) groups is 1. The number of hydrogen-bond donors (Lipinski definition) is 1. The number of hydrogen-bond acceptors (Lipinski definition) is 5. The van der Waals surface area contributed by atoms with Crippen LogP contribution < -0.4 is 5.73 Å². The molecule has 0 bridgehead atoms. The molecule has 0 saturated carbocycles. The first kappa shape index (κ1) is 19.9. The molecule has 5 heteroatoms. The van der Waals surface area contributed by atoms with Crippen molar-refractivity contribution in [2.45, 2.75) is 46.0 Å². The molecular weight excluding hydrogens is 268 g/mol. The molecule has 0 unspecified atom stereocenters. The zero-order chi connectivity index (χ0) is 15.9. The molecule has 5 nitrogen and oxygen atoms in total. The van der Waals surface area contributed by atoms with Crippen LogP contribution in [0.4, 0.5) is 0 Å². The molecule has 0 aliphatic carbocycles. The van der Waals surface area contributed by atoms with Crippen LogP contribution in [-0.2, 0) is 14.3 Å². The van der Waals surface area contributed by atoms with E-state index >= 15 is 0 Å². The Morgan fingerprint density at radius 1 is 1.14 bits per heavy atom. The van der Waals surface area contributed by atoms with Crippen LogP contribution >= 0.6 is 0 Å². The second-order valence-electron chi connectivity index (χ2n) is 5.20. The zero-order valence-corrected chi connectivity index (χ0v) is 13.9. The van der Waals surface area contributed by atoms with Crippen LogP contribution in [-0.4, -0.2) is 50.7 Å². The van der Waals surface area contributed by atoms with Crippen molar-refractivity contribution in [3.05, 3.63) is 11.9 Å². The average molecular weight is 300 g/mol. The lowest BCUT2D eigenvalue weighted by molar-refractivity contribution is -0.119. The minimum Gasteiger partial charge on any atom is -0.399 e. The molecule has 0 aliphatic rings. The maximum Gasteiger partial charge on any atom is 0.134 e. The highest BCUT2D eigenvalue weighted by Gasteiger charge is 1.99. The van der Waals surface area contributed by atoms with Crippen molar-refractivity contribution in [1.29, 1.82) is 0 Å². The van der Waals surface area contributed by atoms with E-state index in [2.05, 4.69) is 11.8 Å². The fourth-order valence-electron chi connectivity index (χ4n) is 1.77. The van der Waals surface area contributed by atoms with Crippen molar-refractivity contribution in [3.8, 4) is 0 Å². The monoisotopic (exact) mass is 300 g/mol. The average Bonchev–Trinajstić information content (AvgIpc) is 2.46. The molecule has 124 valence electrons. The molecule has 21 heavy (non-hydrogen) atoms. The topological polar surface area (TPSA) is 64.8 Å². The third-order valence-corrected chi connectivity index (χ3v) is 3.06. The Morgan fingerprint density at radius 3 is 2.52 bits per heavy atom. The van der Waals surface area contributed by atoms with Gasteiger partial charge in [-0.25, -0.2) is 0 Å². The predicted octanol–water partition coefficient (Wildman–Crippen LogP) is 2.31. The number of Topliss-reactive ketones (excluding diaryl/α,β-unsaturated/α-hetero) is 1. The van der Waals surface area contributed by atoms with E-state index in [9.17, 15) is 4.79 Å². The van der Waals surface area contributed by atoms with Crippen molar-refractivity contribution in [2.75, 3.05) is 40.0 Å². The number of carbonyl (C=O) groups excluding carboxylic acids is 1. The van der Waals surface area contributed by atoms with E-state index in [4.69, 9.17) is 15.2 Å². The Balaban J connectivity index is 3.51. The van der Waals surface area contributed by atoms with Gasteiger partial charge in [-0.05, 0) is 6.42 Å². The van der Waals surface area contributed by atoms with E-state index < -0.39 is 0 Å². The molecule has 0 spiro atoms. The van der Waals surface area contributed by atoms with Crippen molar-refractivity contribution >= 4 is 5.78 Å². The summed E-state index contributed by atoms with van der Waals surface area (Å²) in [6.45, 7) is 6.95. The summed E-state index contributed by atoms with van der Waals surface area (Å²) >= 11 is 0. The number of nitrogens with zero attached hydrogens (tertiary/aromatic N) is 1. The normalized spacial score (nSPS) is 11.7. The third kappa shape index (κ3) is 13.7. The highest BCUT2D eigenvalue weighted by atomic mass is 16.5. The summed E-state index contributed by atoms with van der Waals surface area (Å²) in [6, 6.07) is 0. The summed E-state index contributed by atoms with van der Waals surface area (Å²) in [5.74, 6) is 0.231. The SMILES string of the molecule is CCCCCN(C)/C=C(\N)COCCOCCC(=O)CC. The number of ketones is 1. The first-order valence-electron chi connectivity index (χ1n) is 7.93. The fourth-order valence-corrected chi connectivity index (χ4v) is 1.77. The van der Waals surface area contributed by atoms with Crippen molar-refractivity contribution < 1.29 is 14.3 Å². The van der Waals surface area contributed by atoms with Crippen molar-refractivity contribution in [1.82, 2.24) is 4.90 Å². The third-order valence-electron chi connectivity index (χ3n) is 3.06. The van der Waals surface area contributed by atoms with Gasteiger partial charge in [0.15, 0.2) is 0 Å².